The molecular weight excluding hydrogens is 364 g/mol. The van der Waals surface area contributed by atoms with Crippen LogP contribution in [0.25, 0.3) is 0 Å². The maximum atomic E-state index is 12.4. The van der Waals surface area contributed by atoms with Crippen molar-refractivity contribution < 1.29 is 14.4 Å². The highest BCUT2D eigenvalue weighted by Crippen LogP contribution is 2.31. The Kier molecular flexibility index (Phi) is 6.20. The minimum absolute atomic E-state index is 0.345. The van der Waals surface area contributed by atoms with Crippen molar-refractivity contribution in [1.82, 2.24) is 0 Å². The number of hydrogen-bond donors (Lipinski definition) is 0. The highest BCUT2D eigenvalue weighted by molar-refractivity contribution is 5.90. The molecule has 150 valence electrons. The Balaban J connectivity index is 1.98. The fourth-order valence-electron chi connectivity index (χ4n) is 2.86. The summed E-state index contributed by atoms with van der Waals surface area (Å²) in [5, 5.41) is 3.64. The molecule has 3 aromatic rings. The maximum Gasteiger partial charge on any atom is 0.338 e. The van der Waals surface area contributed by atoms with E-state index in [0.29, 0.717) is 5.56 Å². The number of para-hydroxylation sites is 2. The number of esters is 1. The monoisotopic (exact) mass is 390 g/mol. The minimum Gasteiger partial charge on any atom is -0.456 e. The first-order valence-electron chi connectivity index (χ1n) is 9.47. The van der Waals surface area contributed by atoms with Crippen molar-refractivity contribution in [3.8, 4) is 0 Å². The van der Waals surface area contributed by atoms with Gasteiger partial charge in [-0.2, -0.15) is 5.17 Å². The predicted octanol–water partition coefficient (Wildman–Crippen LogP) is 5.76. The fraction of sp³-hybridized carbons (Fsp3) is 0.208. The Bertz CT molecular complexity index is 920. The molecule has 0 spiro atoms. The van der Waals surface area contributed by atoms with Gasteiger partial charge in [0.1, 0.15) is 5.60 Å². The Morgan fingerprint density at radius 1 is 0.724 bits per heavy atom. The van der Waals surface area contributed by atoms with E-state index in [2.05, 4.69) is 0 Å². The smallest absolute Gasteiger partial charge is 0.338 e. The summed E-state index contributed by atoms with van der Waals surface area (Å²) in [6.07, 6.45) is 0. The first-order valence-corrected chi connectivity index (χ1v) is 9.47. The molecule has 0 saturated carbocycles. The number of rotatable bonds is 6. The lowest BCUT2D eigenvalue weighted by Gasteiger charge is -2.35. The van der Waals surface area contributed by atoms with Gasteiger partial charge in [0.2, 0.25) is 0 Å². The largest absolute Gasteiger partial charge is 0.456 e. The number of carbonyl (C=O) groups is 1. The van der Waals surface area contributed by atoms with Gasteiger partial charge in [0.05, 0.1) is 29.7 Å². The van der Waals surface area contributed by atoms with E-state index in [1.165, 1.54) is 0 Å². The highest BCUT2D eigenvalue weighted by Gasteiger charge is 2.21. The van der Waals surface area contributed by atoms with Crippen LogP contribution in [0.4, 0.5) is 17.1 Å². The average Bonchev–Trinajstić information content (AvgIpc) is 2.72. The van der Waals surface area contributed by atoms with Gasteiger partial charge in [-0.05, 0) is 69.3 Å². The van der Waals surface area contributed by atoms with Crippen molar-refractivity contribution in [3.63, 3.8) is 0 Å². The summed E-state index contributed by atoms with van der Waals surface area (Å²) in [4.78, 5) is 18.1. The van der Waals surface area contributed by atoms with Crippen LogP contribution in [0.15, 0.2) is 84.9 Å². The van der Waals surface area contributed by atoms with Gasteiger partial charge in [0, 0.05) is 0 Å². The number of nitrogens with zero attached hydrogens (tertiary/aromatic N) is 2. The summed E-state index contributed by atoms with van der Waals surface area (Å²) in [7, 11) is 1.62. The van der Waals surface area contributed by atoms with Crippen LogP contribution in [-0.4, -0.2) is 18.7 Å². The van der Waals surface area contributed by atoms with E-state index in [4.69, 9.17) is 9.57 Å². The number of hydrogen-bond acceptors (Lipinski definition) is 5. The van der Waals surface area contributed by atoms with E-state index < -0.39 is 5.60 Å². The summed E-state index contributed by atoms with van der Waals surface area (Å²) in [6.45, 7) is 5.56. The second kappa shape index (κ2) is 8.80. The van der Waals surface area contributed by atoms with Crippen molar-refractivity contribution in [2.45, 2.75) is 26.4 Å². The lowest BCUT2D eigenvalue weighted by molar-refractivity contribution is 0.00695. The summed E-state index contributed by atoms with van der Waals surface area (Å²) >= 11 is 0. The molecule has 0 atom stereocenters. The molecule has 5 heteroatoms. The molecular formula is C24H26N2O3. The van der Waals surface area contributed by atoms with Gasteiger partial charge in [0.15, 0.2) is 0 Å². The van der Waals surface area contributed by atoms with E-state index in [1.54, 1.807) is 24.4 Å². The van der Waals surface area contributed by atoms with E-state index >= 15 is 0 Å². The zero-order valence-electron chi connectivity index (χ0n) is 17.2. The van der Waals surface area contributed by atoms with Crippen LogP contribution < -0.4 is 10.2 Å². The molecule has 0 unspecified atom stereocenters. The molecule has 0 fully saturated rings. The van der Waals surface area contributed by atoms with Crippen LogP contribution in [0.2, 0.25) is 0 Å². The zero-order chi connectivity index (χ0) is 20.9. The molecule has 0 aromatic heterocycles. The number of anilines is 3. The van der Waals surface area contributed by atoms with Gasteiger partial charge in [0.25, 0.3) is 0 Å². The number of carbonyl (C=O) groups excluding carboxylic acids is 1. The van der Waals surface area contributed by atoms with Crippen LogP contribution in [0.3, 0.4) is 0 Å². The summed E-state index contributed by atoms with van der Waals surface area (Å²) in [5.74, 6) is -0.345. The van der Waals surface area contributed by atoms with E-state index in [1.807, 2.05) is 98.6 Å². The third-order valence-electron chi connectivity index (χ3n) is 4.08. The van der Waals surface area contributed by atoms with Crippen molar-refractivity contribution in [2.24, 2.45) is 0 Å². The number of hydrazine groups is 1. The van der Waals surface area contributed by atoms with Crippen molar-refractivity contribution in [1.29, 1.82) is 0 Å². The van der Waals surface area contributed by atoms with Crippen LogP contribution in [-0.2, 0) is 9.57 Å². The fourth-order valence-corrected chi connectivity index (χ4v) is 2.86. The Hall–Kier alpha value is -3.31. The zero-order valence-corrected chi connectivity index (χ0v) is 17.2. The predicted molar refractivity (Wildman–Crippen MR) is 116 cm³/mol. The molecule has 0 aliphatic carbocycles. The van der Waals surface area contributed by atoms with E-state index in [9.17, 15) is 4.79 Å². The highest BCUT2D eigenvalue weighted by atomic mass is 16.7. The van der Waals surface area contributed by atoms with Gasteiger partial charge in [-0.25, -0.2) is 9.80 Å². The third kappa shape index (κ3) is 5.15. The average molecular weight is 390 g/mol. The SMILES string of the molecule is CON(c1ccccc1)N(c1ccccc1)c1ccc(C(=O)OC(C)(C)C)cc1. The summed E-state index contributed by atoms with van der Waals surface area (Å²) in [6, 6.07) is 27.0. The van der Waals surface area contributed by atoms with E-state index in [0.717, 1.165) is 17.1 Å². The van der Waals surface area contributed by atoms with E-state index in [-0.39, 0.29) is 5.97 Å². The second-order valence-electron chi connectivity index (χ2n) is 7.49. The standard InChI is InChI=1S/C24H26N2O3/c1-24(2,3)29-23(27)19-15-17-21(18-16-19)25(20-11-7-5-8-12-20)26(28-4)22-13-9-6-10-14-22/h5-18H,1-4H3. The van der Waals surface area contributed by atoms with Crippen molar-refractivity contribution >= 4 is 23.0 Å². The molecule has 0 bridgehead atoms. The lowest BCUT2D eigenvalue weighted by atomic mass is 10.1. The Labute approximate surface area is 172 Å². The maximum absolute atomic E-state index is 12.4. The van der Waals surface area contributed by atoms with Gasteiger partial charge in [-0.15, -0.1) is 0 Å². The first kappa shape index (κ1) is 20.4. The molecule has 0 heterocycles. The molecule has 3 rings (SSSR count). The minimum atomic E-state index is -0.536. The molecule has 0 N–H and O–H groups in total. The molecule has 0 radical (unpaired) electrons. The first-order chi connectivity index (χ1) is 13.9. The topological polar surface area (TPSA) is 42.0 Å². The van der Waals surface area contributed by atoms with Crippen LogP contribution in [0.5, 0.6) is 0 Å². The molecule has 3 aromatic carbocycles. The Morgan fingerprint density at radius 3 is 1.69 bits per heavy atom. The summed E-state index contributed by atoms with van der Waals surface area (Å²) < 4.78 is 5.46. The number of ether oxygens (including phenoxy) is 1. The molecule has 29 heavy (non-hydrogen) atoms. The second-order valence-corrected chi connectivity index (χ2v) is 7.49. The van der Waals surface area contributed by atoms with Crippen molar-refractivity contribution in [2.75, 3.05) is 17.3 Å². The van der Waals surface area contributed by atoms with Crippen LogP contribution >= 0.6 is 0 Å². The van der Waals surface area contributed by atoms with Gasteiger partial charge in [-0.1, -0.05) is 36.4 Å². The molecule has 0 saturated heterocycles. The van der Waals surface area contributed by atoms with Gasteiger partial charge < -0.3 is 4.74 Å². The van der Waals surface area contributed by atoms with Crippen molar-refractivity contribution in [3.05, 3.63) is 90.5 Å². The molecule has 0 aliphatic rings. The van der Waals surface area contributed by atoms with Crippen LogP contribution in [0, 0.1) is 0 Å². The third-order valence-corrected chi connectivity index (χ3v) is 4.08. The summed E-state index contributed by atoms with van der Waals surface area (Å²) in [5.41, 5.74) is 2.60. The Morgan fingerprint density at radius 2 is 1.21 bits per heavy atom. The van der Waals surface area contributed by atoms with Crippen LogP contribution in [0.1, 0.15) is 31.1 Å². The van der Waals surface area contributed by atoms with Gasteiger partial charge >= 0.3 is 5.97 Å². The van der Waals surface area contributed by atoms with Gasteiger partial charge in [-0.3, -0.25) is 4.84 Å². The molecule has 0 amide bonds. The quantitative estimate of drug-likeness (QED) is 0.395. The normalized spacial score (nSPS) is 11.0. The number of benzene rings is 3. The molecule has 5 nitrogen and oxygen atoms in total. The molecule has 0 aliphatic heterocycles. The lowest BCUT2D eigenvalue weighted by Crippen LogP contribution is -2.38.